The molecule has 0 aliphatic heterocycles. The van der Waals surface area contributed by atoms with E-state index in [1.807, 2.05) is 13.0 Å². The van der Waals surface area contributed by atoms with Gasteiger partial charge in [-0.15, -0.1) is 0 Å². The number of hydrogen-bond acceptors (Lipinski definition) is 3. The first-order valence-electron chi connectivity index (χ1n) is 8.00. The molecule has 23 heavy (non-hydrogen) atoms. The number of carbonyl (C=O) groups excluding carboxylic acids is 1. The minimum atomic E-state index is -0.330. The highest BCUT2D eigenvalue weighted by Crippen LogP contribution is 2.44. The monoisotopic (exact) mass is 312 g/mol. The molecule has 0 spiro atoms. The van der Waals surface area contributed by atoms with Crippen molar-refractivity contribution in [3.63, 3.8) is 0 Å². The molecule has 120 valence electrons. The fourth-order valence-corrected chi connectivity index (χ4v) is 3.23. The molecule has 0 fully saturated rings. The first kappa shape index (κ1) is 15.8. The van der Waals surface area contributed by atoms with Crippen LogP contribution in [0.3, 0.4) is 0 Å². The van der Waals surface area contributed by atoms with E-state index in [1.165, 1.54) is 6.07 Å². The van der Waals surface area contributed by atoms with Crippen LogP contribution in [0.4, 0.5) is 4.39 Å². The van der Waals surface area contributed by atoms with Gasteiger partial charge in [-0.25, -0.2) is 4.39 Å². The van der Waals surface area contributed by atoms with Gasteiger partial charge in [-0.1, -0.05) is 39.8 Å². The normalized spacial score (nSPS) is 23.9. The topological polar surface area (TPSA) is 42.9 Å². The van der Waals surface area contributed by atoms with Gasteiger partial charge in [-0.3, -0.25) is 4.79 Å². The highest BCUT2D eigenvalue weighted by atomic mass is 19.1. The molecule has 3 rings (SSSR count). The number of aromatic nitrogens is 2. The molecule has 1 aromatic carbocycles. The van der Waals surface area contributed by atoms with Crippen molar-refractivity contribution in [2.45, 2.75) is 45.4 Å². The van der Waals surface area contributed by atoms with E-state index in [0.717, 1.165) is 11.3 Å². The standard InChI is InChI=1S/C19H21FN2O/c1-11(2)19(4)10-17(23)12(3)14-9-16(21-22-18(14)19)13-7-5-6-8-15(13)20/h5-9,11-12H,10H2,1-4H3/t12-,19?/m1/s1. The number of halogens is 1. The smallest absolute Gasteiger partial charge is 0.141 e. The van der Waals surface area contributed by atoms with Crippen LogP contribution < -0.4 is 0 Å². The Bertz CT molecular complexity index is 772. The summed E-state index contributed by atoms with van der Waals surface area (Å²) in [5, 5.41) is 8.69. The molecule has 0 saturated heterocycles. The SMILES string of the molecule is CC(C)C1(C)CC(=O)[C@H](C)c2cc(-c3ccccc3F)nnc21. The highest BCUT2D eigenvalue weighted by molar-refractivity contribution is 5.89. The molecule has 1 aromatic heterocycles. The fourth-order valence-electron chi connectivity index (χ4n) is 3.23. The van der Waals surface area contributed by atoms with Gasteiger partial charge in [-0.2, -0.15) is 10.2 Å². The van der Waals surface area contributed by atoms with Crippen molar-refractivity contribution in [1.82, 2.24) is 10.2 Å². The lowest BCUT2D eigenvalue weighted by atomic mass is 9.64. The maximum absolute atomic E-state index is 14.0. The van der Waals surface area contributed by atoms with Gasteiger partial charge in [0.05, 0.1) is 11.4 Å². The van der Waals surface area contributed by atoms with Crippen LogP contribution in [0.1, 0.15) is 51.3 Å². The zero-order valence-corrected chi connectivity index (χ0v) is 13.9. The van der Waals surface area contributed by atoms with Crippen molar-refractivity contribution in [2.75, 3.05) is 0 Å². The average molecular weight is 312 g/mol. The van der Waals surface area contributed by atoms with E-state index in [2.05, 4.69) is 31.0 Å². The van der Waals surface area contributed by atoms with E-state index in [4.69, 9.17) is 0 Å². The van der Waals surface area contributed by atoms with E-state index >= 15 is 0 Å². The summed E-state index contributed by atoms with van der Waals surface area (Å²) in [6.07, 6.45) is 0.479. The van der Waals surface area contributed by atoms with E-state index in [0.29, 0.717) is 17.7 Å². The molecule has 4 heteroatoms. The second kappa shape index (κ2) is 5.52. The van der Waals surface area contributed by atoms with Crippen LogP contribution in [0, 0.1) is 11.7 Å². The lowest BCUT2D eigenvalue weighted by Gasteiger charge is -2.39. The summed E-state index contributed by atoms with van der Waals surface area (Å²) in [5.74, 6) is -0.0755. The van der Waals surface area contributed by atoms with Gasteiger partial charge in [-0.05, 0) is 29.7 Å². The molecule has 0 amide bonds. The molecule has 2 atom stereocenters. The Morgan fingerprint density at radius 3 is 2.61 bits per heavy atom. The van der Waals surface area contributed by atoms with E-state index in [-0.39, 0.29) is 28.9 Å². The number of rotatable bonds is 2. The quantitative estimate of drug-likeness (QED) is 0.831. The van der Waals surface area contributed by atoms with Crippen LogP contribution in [-0.4, -0.2) is 16.0 Å². The van der Waals surface area contributed by atoms with Gasteiger partial charge in [0.25, 0.3) is 0 Å². The number of carbonyl (C=O) groups is 1. The van der Waals surface area contributed by atoms with Crippen LogP contribution in [0.2, 0.25) is 0 Å². The van der Waals surface area contributed by atoms with Crippen molar-refractivity contribution in [2.24, 2.45) is 5.92 Å². The van der Waals surface area contributed by atoms with Crippen LogP contribution in [0.5, 0.6) is 0 Å². The predicted molar refractivity (Wildman–Crippen MR) is 87.7 cm³/mol. The van der Waals surface area contributed by atoms with E-state index in [1.54, 1.807) is 18.2 Å². The third kappa shape index (κ3) is 2.46. The molecular weight excluding hydrogens is 291 g/mol. The lowest BCUT2D eigenvalue weighted by Crippen LogP contribution is -2.39. The Hall–Kier alpha value is -2.10. The van der Waals surface area contributed by atoms with E-state index in [9.17, 15) is 9.18 Å². The Morgan fingerprint density at radius 1 is 1.26 bits per heavy atom. The number of nitrogens with zero attached hydrogens (tertiary/aromatic N) is 2. The van der Waals surface area contributed by atoms with Gasteiger partial charge in [0, 0.05) is 23.3 Å². The largest absolute Gasteiger partial charge is 0.299 e. The Kier molecular flexibility index (Phi) is 3.78. The molecule has 0 bridgehead atoms. The lowest BCUT2D eigenvalue weighted by molar-refractivity contribution is -0.122. The van der Waals surface area contributed by atoms with Gasteiger partial charge in [0.1, 0.15) is 11.6 Å². The summed E-state index contributed by atoms with van der Waals surface area (Å²) in [7, 11) is 0. The summed E-state index contributed by atoms with van der Waals surface area (Å²) in [6.45, 7) is 8.16. The Balaban J connectivity index is 2.19. The van der Waals surface area contributed by atoms with Crippen molar-refractivity contribution in [3.8, 4) is 11.3 Å². The fraction of sp³-hybridized carbons (Fsp3) is 0.421. The molecule has 1 heterocycles. The second-order valence-corrected chi connectivity index (χ2v) is 6.95. The minimum absolute atomic E-state index is 0.209. The number of fused-ring (bicyclic) bond motifs is 1. The van der Waals surface area contributed by atoms with Crippen molar-refractivity contribution in [1.29, 1.82) is 0 Å². The summed E-state index contributed by atoms with van der Waals surface area (Å²) in [6, 6.07) is 8.34. The third-order valence-electron chi connectivity index (χ3n) is 5.28. The molecule has 0 N–H and O–H groups in total. The summed E-state index contributed by atoms with van der Waals surface area (Å²) < 4.78 is 14.0. The van der Waals surface area contributed by atoms with Crippen LogP contribution in [0.25, 0.3) is 11.3 Å². The molecule has 1 aliphatic rings. The van der Waals surface area contributed by atoms with Crippen LogP contribution in [0.15, 0.2) is 30.3 Å². The molecular formula is C19H21FN2O. The summed E-state index contributed by atoms with van der Waals surface area (Å²) >= 11 is 0. The van der Waals surface area contributed by atoms with Crippen molar-refractivity contribution < 1.29 is 9.18 Å². The van der Waals surface area contributed by atoms with Gasteiger partial charge in [0.2, 0.25) is 0 Å². The van der Waals surface area contributed by atoms with Gasteiger partial charge >= 0.3 is 0 Å². The molecule has 1 aliphatic carbocycles. The van der Waals surface area contributed by atoms with Gasteiger partial charge in [0.15, 0.2) is 0 Å². The molecule has 0 radical (unpaired) electrons. The van der Waals surface area contributed by atoms with Crippen LogP contribution in [-0.2, 0) is 10.2 Å². The molecule has 1 unspecified atom stereocenters. The van der Waals surface area contributed by atoms with Crippen molar-refractivity contribution >= 4 is 5.78 Å². The third-order valence-corrected chi connectivity index (χ3v) is 5.28. The summed E-state index contributed by atoms with van der Waals surface area (Å²) in [5.41, 5.74) is 2.33. The first-order valence-corrected chi connectivity index (χ1v) is 8.00. The summed E-state index contributed by atoms with van der Waals surface area (Å²) in [4.78, 5) is 12.5. The molecule has 3 nitrogen and oxygen atoms in total. The van der Waals surface area contributed by atoms with E-state index < -0.39 is 0 Å². The second-order valence-electron chi connectivity index (χ2n) is 6.95. The Morgan fingerprint density at radius 2 is 1.96 bits per heavy atom. The Labute approximate surface area is 136 Å². The minimum Gasteiger partial charge on any atom is -0.299 e. The zero-order valence-electron chi connectivity index (χ0n) is 13.9. The maximum atomic E-state index is 14.0. The maximum Gasteiger partial charge on any atom is 0.141 e. The first-order chi connectivity index (χ1) is 10.8. The predicted octanol–water partition coefficient (Wildman–Crippen LogP) is 4.27. The number of ketones is 1. The van der Waals surface area contributed by atoms with Crippen molar-refractivity contribution in [3.05, 3.63) is 47.4 Å². The zero-order chi connectivity index (χ0) is 16.8. The number of benzene rings is 1. The molecule has 0 saturated carbocycles. The highest BCUT2D eigenvalue weighted by Gasteiger charge is 2.43. The average Bonchev–Trinajstić information content (AvgIpc) is 2.52. The number of Topliss-reactive ketones (excluding diaryl/α,β-unsaturated/α-hetero) is 1. The molecule has 2 aromatic rings. The number of hydrogen-bond donors (Lipinski definition) is 0. The van der Waals surface area contributed by atoms with Gasteiger partial charge < -0.3 is 0 Å². The van der Waals surface area contributed by atoms with Crippen LogP contribution >= 0.6 is 0 Å².